The average Bonchev–Trinajstić information content (AvgIpc) is 2.27. The summed E-state index contributed by atoms with van der Waals surface area (Å²) in [7, 11) is 0. The molecule has 0 unspecified atom stereocenters. The van der Waals surface area contributed by atoms with Crippen LogP contribution >= 0.6 is 0 Å². The minimum Gasteiger partial charge on any atom is -0.481 e. The smallest absolute Gasteiger partial charge is 0.309 e. The first-order valence-electron chi connectivity index (χ1n) is 6.75. The van der Waals surface area contributed by atoms with Crippen molar-refractivity contribution < 1.29 is 18.7 Å². The molecule has 0 fully saturated rings. The Balaban J connectivity index is 2.90. The SMILES string of the molecule is CC(C)Cc1ccc(C(F)(F)CC(C)(C)C(=O)O)cc1. The van der Waals surface area contributed by atoms with Crippen LogP contribution in [0.5, 0.6) is 0 Å². The maximum absolute atomic E-state index is 14.1. The molecule has 112 valence electrons. The number of benzene rings is 1. The van der Waals surface area contributed by atoms with Crippen LogP contribution in [-0.4, -0.2) is 11.1 Å². The fraction of sp³-hybridized carbons (Fsp3) is 0.562. The third-order valence-electron chi connectivity index (χ3n) is 3.26. The van der Waals surface area contributed by atoms with Crippen LogP contribution in [0, 0.1) is 11.3 Å². The van der Waals surface area contributed by atoms with Gasteiger partial charge in [0.15, 0.2) is 0 Å². The fourth-order valence-electron chi connectivity index (χ4n) is 2.09. The van der Waals surface area contributed by atoms with E-state index in [4.69, 9.17) is 5.11 Å². The molecule has 0 heterocycles. The van der Waals surface area contributed by atoms with Crippen molar-refractivity contribution in [3.8, 4) is 0 Å². The first-order valence-corrected chi connectivity index (χ1v) is 6.75. The molecule has 0 saturated carbocycles. The van der Waals surface area contributed by atoms with Crippen LogP contribution in [-0.2, 0) is 17.1 Å². The molecule has 0 amide bonds. The van der Waals surface area contributed by atoms with E-state index in [0.29, 0.717) is 5.92 Å². The molecule has 4 heteroatoms. The molecular formula is C16H22F2O2. The minimum atomic E-state index is -3.14. The van der Waals surface area contributed by atoms with E-state index in [2.05, 4.69) is 13.8 Å². The number of carboxylic acids is 1. The molecule has 0 aromatic heterocycles. The van der Waals surface area contributed by atoms with Gasteiger partial charge in [-0.2, -0.15) is 0 Å². The molecule has 1 aromatic rings. The first kappa shape index (κ1) is 16.6. The van der Waals surface area contributed by atoms with Gasteiger partial charge in [-0.3, -0.25) is 4.79 Å². The molecular weight excluding hydrogens is 262 g/mol. The third kappa shape index (κ3) is 4.29. The Labute approximate surface area is 118 Å². The van der Waals surface area contributed by atoms with Crippen molar-refractivity contribution in [2.75, 3.05) is 0 Å². The summed E-state index contributed by atoms with van der Waals surface area (Å²) in [6, 6.07) is 6.18. The number of rotatable bonds is 6. The van der Waals surface area contributed by atoms with Crippen molar-refractivity contribution in [3.63, 3.8) is 0 Å². The zero-order valence-electron chi connectivity index (χ0n) is 12.4. The summed E-state index contributed by atoms with van der Waals surface area (Å²) >= 11 is 0. The number of carbonyl (C=O) groups is 1. The van der Waals surface area contributed by atoms with Crippen molar-refractivity contribution in [3.05, 3.63) is 35.4 Å². The second kappa shape index (κ2) is 5.90. The van der Waals surface area contributed by atoms with Gasteiger partial charge in [-0.05, 0) is 31.7 Å². The van der Waals surface area contributed by atoms with Crippen molar-refractivity contribution in [2.24, 2.45) is 11.3 Å². The van der Waals surface area contributed by atoms with E-state index in [1.54, 1.807) is 12.1 Å². The molecule has 1 rings (SSSR count). The summed E-state index contributed by atoms with van der Waals surface area (Å²) < 4.78 is 28.3. The van der Waals surface area contributed by atoms with E-state index in [0.717, 1.165) is 12.0 Å². The van der Waals surface area contributed by atoms with Crippen molar-refractivity contribution >= 4 is 5.97 Å². The number of alkyl halides is 2. The second-order valence-corrected chi connectivity index (χ2v) is 6.37. The Morgan fingerprint density at radius 1 is 1.20 bits per heavy atom. The summed E-state index contributed by atoms with van der Waals surface area (Å²) in [5, 5.41) is 8.96. The molecule has 0 saturated heterocycles. The summed E-state index contributed by atoms with van der Waals surface area (Å²) in [6.07, 6.45) is 0.130. The first-order chi connectivity index (χ1) is 9.04. The molecule has 0 aliphatic heterocycles. The Kier molecular flexibility index (Phi) is 4.90. The largest absolute Gasteiger partial charge is 0.481 e. The molecule has 0 bridgehead atoms. The Bertz CT molecular complexity index is 462. The number of carboxylic acid groups (broad SMARTS) is 1. The Morgan fingerprint density at radius 2 is 1.70 bits per heavy atom. The summed E-state index contributed by atoms with van der Waals surface area (Å²) in [4.78, 5) is 11.0. The van der Waals surface area contributed by atoms with Crippen molar-refractivity contribution in [1.82, 2.24) is 0 Å². The molecule has 0 aliphatic carbocycles. The Hall–Kier alpha value is -1.45. The zero-order valence-corrected chi connectivity index (χ0v) is 12.4. The van der Waals surface area contributed by atoms with E-state index in [1.165, 1.54) is 26.0 Å². The molecule has 0 aliphatic rings. The number of aliphatic carboxylic acids is 1. The van der Waals surface area contributed by atoms with Gasteiger partial charge in [-0.1, -0.05) is 38.1 Å². The molecule has 0 radical (unpaired) electrons. The van der Waals surface area contributed by atoms with E-state index >= 15 is 0 Å². The van der Waals surface area contributed by atoms with Gasteiger partial charge in [-0.25, -0.2) is 8.78 Å². The van der Waals surface area contributed by atoms with E-state index in [9.17, 15) is 13.6 Å². The predicted molar refractivity (Wildman–Crippen MR) is 74.9 cm³/mol. The predicted octanol–water partition coefficient (Wildman–Crippen LogP) is 4.48. The number of hydrogen-bond donors (Lipinski definition) is 1. The minimum absolute atomic E-state index is 0.126. The molecule has 0 spiro atoms. The topological polar surface area (TPSA) is 37.3 Å². The maximum Gasteiger partial charge on any atom is 0.309 e. The van der Waals surface area contributed by atoms with Gasteiger partial charge in [0.2, 0.25) is 0 Å². The lowest BCUT2D eigenvalue weighted by molar-refractivity contribution is -0.153. The fourth-order valence-corrected chi connectivity index (χ4v) is 2.09. The van der Waals surface area contributed by atoms with Crippen LogP contribution < -0.4 is 0 Å². The average molecular weight is 284 g/mol. The summed E-state index contributed by atoms with van der Waals surface area (Å²) in [5.74, 6) is -3.89. The lowest BCUT2D eigenvalue weighted by Gasteiger charge is -2.26. The monoisotopic (exact) mass is 284 g/mol. The number of hydrogen-bond acceptors (Lipinski definition) is 1. The van der Waals surface area contributed by atoms with Gasteiger partial charge in [0, 0.05) is 12.0 Å². The molecule has 1 aromatic carbocycles. The van der Waals surface area contributed by atoms with Crippen LogP contribution in [0.4, 0.5) is 8.78 Å². The number of halogens is 2. The van der Waals surface area contributed by atoms with Crippen LogP contribution in [0.2, 0.25) is 0 Å². The second-order valence-electron chi connectivity index (χ2n) is 6.37. The third-order valence-corrected chi connectivity index (χ3v) is 3.26. The summed E-state index contributed by atoms with van der Waals surface area (Å²) in [6.45, 7) is 6.77. The summed E-state index contributed by atoms with van der Waals surface area (Å²) in [5.41, 5.74) is -0.573. The zero-order chi connectivity index (χ0) is 15.6. The van der Waals surface area contributed by atoms with Gasteiger partial charge in [0.05, 0.1) is 5.41 Å². The standard InChI is InChI=1S/C16H22F2O2/c1-11(2)9-12-5-7-13(8-6-12)16(17,18)10-15(3,4)14(19)20/h5-8,11H,9-10H2,1-4H3,(H,19,20). The van der Waals surface area contributed by atoms with Gasteiger partial charge < -0.3 is 5.11 Å². The van der Waals surface area contributed by atoms with Crippen molar-refractivity contribution in [2.45, 2.75) is 46.5 Å². The van der Waals surface area contributed by atoms with Crippen molar-refractivity contribution in [1.29, 1.82) is 0 Å². The lowest BCUT2D eigenvalue weighted by Crippen LogP contribution is -2.31. The van der Waals surface area contributed by atoms with E-state index in [1.807, 2.05) is 0 Å². The van der Waals surface area contributed by atoms with Gasteiger partial charge in [-0.15, -0.1) is 0 Å². The van der Waals surface area contributed by atoms with Crippen LogP contribution in [0.15, 0.2) is 24.3 Å². The normalized spacial score (nSPS) is 12.8. The molecule has 0 atom stereocenters. The van der Waals surface area contributed by atoms with Gasteiger partial charge in [0.25, 0.3) is 5.92 Å². The quantitative estimate of drug-likeness (QED) is 0.836. The van der Waals surface area contributed by atoms with E-state index in [-0.39, 0.29) is 5.56 Å². The highest BCUT2D eigenvalue weighted by atomic mass is 19.3. The molecule has 2 nitrogen and oxygen atoms in total. The highest BCUT2D eigenvalue weighted by Crippen LogP contribution is 2.39. The highest BCUT2D eigenvalue weighted by molar-refractivity contribution is 5.73. The van der Waals surface area contributed by atoms with E-state index < -0.39 is 23.7 Å². The van der Waals surface area contributed by atoms with Gasteiger partial charge >= 0.3 is 5.97 Å². The van der Waals surface area contributed by atoms with Gasteiger partial charge in [0.1, 0.15) is 0 Å². The maximum atomic E-state index is 14.1. The van der Waals surface area contributed by atoms with Crippen LogP contribution in [0.1, 0.15) is 45.2 Å². The van der Waals surface area contributed by atoms with Crippen LogP contribution in [0.25, 0.3) is 0 Å². The van der Waals surface area contributed by atoms with Crippen LogP contribution in [0.3, 0.4) is 0 Å². The molecule has 1 N–H and O–H groups in total. The molecule has 20 heavy (non-hydrogen) atoms. The lowest BCUT2D eigenvalue weighted by atomic mass is 9.84. The Morgan fingerprint density at radius 3 is 2.10 bits per heavy atom. The highest BCUT2D eigenvalue weighted by Gasteiger charge is 2.42.